The first-order valence-electron chi connectivity index (χ1n) is 10.7. The molecule has 0 bridgehead atoms. The molecule has 3 aromatic rings. The molecule has 7 nitrogen and oxygen atoms in total. The summed E-state index contributed by atoms with van der Waals surface area (Å²) in [7, 11) is 0. The van der Waals surface area contributed by atoms with E-state index in [9.17, 15) is 4.79 Å². The van der Waals surface area contributed by atoms with E-state index in [1.807, 2.05) is 42.6 Å². The highest BCUT2D eigenvalue weighted by Gasteiger charge is 2.22. The first-order chi connectivity index (χ1) is 15.2. The molecule has 5 rings (SSSR count). The number of carbonyl (C=O) groups is 1. The fourth-order valence-electron chi connectivity index (χ4n) is 4.29. The van der Waals surface area contributed by atoms with E-state index in [0.717, 1.165) is 49.6 Å². The van der Waals surface area contributed by atoms with Gasteiger partial charge in [-0.2, -0.15) is 0 Å². The fraction of sp³-hybridized carbons (Fsp3) is 0.333. The number of anilines is 1. The van der Waals surface area contributed by atoms with Gasteiger partial charge in [-0.1, -0.05) is 30.3 Å². The molecule has 1 amide bonds. The molecule has 0 spiro atoms. The quantitative estimate of drug-likeness (QED) is 0.662. The van der Waals surface area contributed by atoms with Crippen LogP contribution in [0.3, 0.4) is 0 Å². The molecule has 2 aliphatic heterocycles. The molecule has 1 saturated heterocycles. The van der Waals surface area contributed by atoms with Crippen molar-refractivity contribution in [3.63, 3.8) is 0 Å². The van der Waals surface area contributed by atoms with E-state index in [1.54, 1.807) is 0 Å². The number of piperidine rings is 1. The lowest BCUT2D eigenvalue weighted by Crippen LogP contribution is -2.40. The van der Waals surface area contributed by atoms with Crippen LogP contribution in [0.1, 0.15) is 12.8 Å². The van der Waals surface area contributed by atoms with Gasteiger partial charge in [-0.05, 0) is 44.0 Å². The van der Waals surface area contributed by atoms with Gasteiger partial charge in [0.05, 0.1) is 6.54 Å². The minimum Gasteiger partial charge on any atom is -0.454 e. The zero-order valence-electron chi connectivity index (χ0n) is 17.4. The molecule has 1 aromatic heterocycles. The number of hydrogen-bond acceptors (Lipinski definition) is 5. The monoisotopic (exact) mass is 418 g/mol. The van der Waals surface area contributed by atoms with E-state index in [0.29, 0.717) is 24.0 Å². The number of imidazole rings is 1. The van der Waals surface area contributed by atoms with Gasteiger partial charge in [-0.25, -0.2) is 4.98 Å². The van der Waals surface area contributed by atoms with Crippen LogP contribution < -0.4 is 14.8 Å². The molecule has 31 heavy (non-hydrogen) atoms. The van der Waals surface area contributed by atoms with Crippen molar-refractivity contribution in [1.82, 2.24) is 14.5 Å². The Hall–Kier alpha value is -3.32. The van der Waals surface area contributed by atoms with E-state index < -0.39 is 0 Å². The normalized spacial score (nSPS) is 16.4. The molecule has 160 valence electrons. The lowest BCUT2D eigenvalue weighted by Gasteiger charge is -2.31. The maximum atomic E-state index is 12.5. The summed E-state index contributed by atoms with van der Waals surface area (Å²) in [5, 5.41) is 2.96. The van der Waals surface area contributed by atoms with Crippen LogP contribution in [-0.2, 0) is 11.3 Å². The number of rotatable bonds is 6. The molecule has 0 unspecified atom stereocenters. The van der Waals surface area contributed by atoms with Crippen LogP contribution in [0.25, 0.3) is 11.4 Å². The lowest BCUT2D eigenvalue weighted by atomic mass is 9.96. The molecular weight excluding hydrogens is 392 g/mol. The number of benzene rings is 2. The molecule has 0 aliphatic carbocycles. The second kappa shape index (κ2) is 8.81. The van der Waals surface area contributed by atoms with Crippen molar-refractivity contribution >= 4 is 11.6 Å². The molecular formula is C24H26N4O3. The Morgan fingerprint density at radius 3 is 2.71 bits per heavy atom. The number of amides is 1. The van der Waals surface area contributed by atoms with Gasteiger partial charge >= 0.3 is 0 Å². The zero-order valence-corrected chi connectivity index (χ0v) is 17.4. The maximum absolute atomic E-state index is 12.5. The highest BCUT2D eigenvalue weighted by molar-refractivity contribution is 5.92. The highest BCUT2D eigenvalue weighted by atomic mass is 16.7. The second-order valence-electron chi connectivity index (χ2n) is 8.10. The number of likely N-dealkylation sites (tertiary alicyclic amines) is 1. The number of nitrogens with one attached hydrogen (secondary N) is 1. The van der Waals surface area contributed by atoms with Crippen LogP contribution in [0.4, 0.5) is 5.69 Å². The molecule has 0 atom stereocenters. The number of hydrogen-bond donors (Lipinski definition) is 1. The Morgan fingerprint density at radius 2 is 1.87 bits per heavy atom. The number of ether oxygens (including phenoxy) is 2. The summed E-state index contributed by atoms with van der Waals surface area (Å²) in [6, 6.07) is 15.8. The third kappa shape index (κ3) is 4.56. The molecule has 1 fully saturated rings. The SMILES string of the molecule is O=C(CN1CCC(Cn2ccnc2-c2ccccc2)CC1)Nc1ccc2c(c1)OCO2. The maximum Gasteiger partial charge on any atom is 0.238 e. The van der Waals surface area contributed by atoms with Gasteiger partial charge < -0.3 is 19.4 Å². The second-order valence-corrected chi connectivity index (χ2v) is 8.10. The van der Waals surface area contributed by atoms with Gasteiger partial charge in [-0.15, -0.1) is 0 Å². The summed E-state index contributed by atoms with van der Waals surface area (Å²) in [5.41, 5.74) is 1.88. The first kappa shape index (κ1) is 19.6. The predicted molar refractivity (Wildman–Crippen MR) is 118 cm³/mol. The van der Waals surface area contributed by atoms with Crippen molar-refractivity contribution in [2.45, 2.75) is 19.4 Å². The van der Waals surface area contributed by atoms with E-state index in [-0.39, 0.29) is 12.7 Å². The molecule has 2 aliphatic rings. The minimum absolute atomic E-state index is 0.00158. The van der Waals surface area contributed by atoms with Crippen LogP contribution in [-0.4, -0.2) is 46.8 Å². The average Bonchev–Trinajstić information content (AvgIpc) is 3.45. The van der Waals surface area contributed by atoms with Crippen molar-refractivity contribution in [3.05, 3.63) is 60.9 Å². The van der Waals surface area contributed by atoms with E-state index in [2.05, 4.69) is 38.1 Å². The third-order valence-electron chi connectivity index (χ3n) is 5.93. The Labute approximate surface area is 181 Å². The summed E-state index contributed by atoms with van der Waals surface area (Å²) >= 11 is 0. The largest absolute Gasteiger partial charge is 0.454 e. The summed E-state index contributed by atoms with van der Waals surface area (Å²) in [4.78, 5) is 19.3. The van der Waals surface area contributed by atoms with Gasteiger partial charge in [0.2, 0.25) is 12.7 Å². The van der Waals surface area contributed by atoms with Gasteiger partial charge in [0.1, 0.15) is 5.82 Å². The van der Waals surface area contributed by atoms with Crippen molar-refractivity contribution < 1.29 is 14.3 Å². The minimum atomic E-state index is -0.00158. The molecule has 1 N–H and O–H groups in total. The summed E-state index contributed by atoms with van der Waals surface area (Å²) in [5.74, 6) is 3.00. The number of aromatic nitrogens is 2. The van der Waals surface area contributed by atoms with Crippen LogP contribution in [0.5, 0.6) is 11.5 Å². The zero-order chi connectivity index (χ0) is 21.0. The molecule has 3 heterocycles. The third-order valence-corrected chi connectivity index (χ3v) is 5.93. The Balaban J connectivity index is 1.11. The van der Waals surface area contributed by atoms with Gasteiger partial charge in [0.15, 0.2) is 11.5 Å². The van der Waals surface area contributed by atoms with Crippen LogP contribution >= 0.6 is 0 Å². The van der Waals surface area contributed by atoms with Gasteiger partial charge in [0.25, 0.3) is 0 Å². The average molecular weight is 418 g/mol. The van der Waals surface area contributed by atoms with E-state index >= 15 is 0 Å². The number of carbonyl (C=O) groups excluding carboxylic acids is 1. The van der Waals surface area contributed by atoms with Crippen LogP contribution in [0, 0.1) is 5.92 Å². The van der Waals surface area contributed by atoms with Crippen molar-refractivity contribution in [2.24, 2.45) is 5.92 Å². The Morgan fingerprint density at radius 1 is 1.06 bits per heavy atom. The van der Waals surface area contributed by atoms with Crippen molar-refractivity contribution in [2.75, 3.05) is 31.7 Å². The van der Waals surface area contributed by atoms with Gasteiger partial charge in [-0.3, -0.25) is 9.69 Å². The predicted octanol–water partition coefficient (Wildman–Crippen LogP) is 3.63. The summed E-state index contributed by atoms with van der Waals surface area (Å²) in [6.45, 7) is 3.44. The first-order valence-corrected chi connectivity index (χ1v) is 10.7. The molecule has 7 heteroatoms. The molecule has 0 saturated carbocycles. The standard InChI is InChI=1S/C24H26N4O3/c29-23(26-20-6-7-21-22(14-20)31-17-30-21)16-27-11-8-18(9-12-27)15-28-13-10-25-24(28)19-4-2-1-3-5-19/h1-7,10,13-14,18H,8-9,11-12,15-17H2,(H,26,29). The van der Waals surface area contributed by atoms with Crippen LogP contribution in [0.15, 0.2) is 60.9 Å². The Bertz CT molecular complexity index is 1040. The molecule has 0 radical (unpaired) electrons. The number of nitrogens with zero attached hydrogens (tertiary/aromatic N) is 3. The van der Waals surface area contributed by atoms with Crippen molar-refractivity contribution in [1.29, 1.82) is 0 Å². The summed E-state index contributed by atoms with van der Waals surface area (Å²) < 4.78 is 12.9. The Kier molecular flexibility index (Phi) is 5.58. The fourth-order valence-corrected chi connectivity index (χ4v) is 4.29. The number of fused-ring (bicyclic) bond motifs is 1. The van der Waals surface area contributed by atoms with E-state index in [1.165, 1.54) is 0 Å². The lowest BCUT2D eigenvalue weighted by molar-refractivity contribution is -0.117. The van der Waals surface area contributed by atoms with E-state index in [4.69, 9.17) is 9.47 Å². The topological polar surface area (TPSA) is 68.6 Å². The van der Waals surface area contributed by atoms with Crippen molar-refractivity contribution in [3.8, 4) is 22.9 Å². The van der Waals surface area contributed by atoms with Gasteiger partial charge in [0, 0.05) is 36.3 Å². The molecule has 2 aromatic carbocycles. The highest BCUT2D eigenvalue weighted by Crippen LogP contribution is 2.34. The van der Waals surface area contributed by atoms with Crippen LogP contribution in [0.2, 0.25) is 0 Å². The smallest absolute Gasteiger partial charge is 0.238 e. The summed E-state index contributed by atoms with van der Waals surface area (Å²) in [6.07, 6.45) is 6.08.